The quantitative estimate of drug-likeness (QED) is 0.137. The van der Waals surface area contributed by atoms with Crippen molar-refractivity contribution >= 4 is 33.4 Å². The van der Waals surface area contributed by atoms with Crippen LogP contribution in [-0.2, 0) is 16.1 Å². The van der Waals surface area contributed by atoms with Gasteiger partial charge in [0, 0.05) is 22.9 Å². The van der Waals surface area contributed by atoms with Gasteiger partial charge in [0.05, 0.1) is 18.7 Å². The minimum atomic E-state index is -0.882. The third-order valence-electron chi connectivity index (χ3n) is 5.24. The summed E-state index contributed by atoms with van der Waals surface area (Å²) in [5, 5.41) is 2.68. The SMILES string of the molecule is CCOC(=O)C(=O)c1cccc(OCCCn2c(=O)c3ccccc3c3ccccc32)c1. The predicted molar refractivity (Wildman–Crippen MR) is 123 cm³/mol. The van der Waals surface area contributed by atoms with Crippen LogP contribution in [0.3, 0.4) is 0 Å². The Morgan fingerprint density at radius 1 is 0.875 bits per heavy atom. The maximum atomic E-state index is 13.1. The van der Waals surface area contributed by atoms with Crippen molar-refractivity contribution < 1.29 is 19.1 Å². The summed E-state index contributed by atoms with van der Waals surface area (Å²) in [6, 6.07) is 22.0. The van der Waals surface area contributed by atoms with Gasteiger partial charge in [-0.3, -0.25) is 9.59 Å². The van der Waals surface area contributed by atoms with Gasteiger partial charge in [0.15, 0.2) is 0 Å². The largest absolute Gasteiger partial charge is 0.494 e. The number of hydrogen-bond acceptors (Lipinski definition) is 5. The highest BCUT2D eigenvalue weighted by Gasteiger charge is 2.17. The molecule has 1 heterocycles. The summed E-state index contributed by atoms with van der Waals surface area (Å²) in [6.45, 7) is 2.63. The molecule has 0 radical (unpaired) electrons. The Morgan fingerprint density at radius 2 is 1.59 bits per heavy atom. The molecule has 162 valence electrons. The molecule has 0 atom stereocenters. The fourth-order valence-electron chi connectivity index (χ4n) is 3.77. The molecule has 4 aromatic rings. The normalized spacial score (nSPS) is 10.9. The Balaban J connectivity index is 1.48. The van der Waals surface area contributed by atoms with Crippen LogP contribution in [0.5, 0.6) is 5.75 Å². The van der Waals surface area contributed by atoms with Crippen molar-refractivity contribution in [1.29, 1.82) is 0 Å². The van der Waals surface area contributed by atoms with Crippen molar-refractivity contribution in [2.45, 2.75) is 19.9 Å². The number of aromatic nitrogens is 1. The van der Waals surface area contributed by atoms with Crippen LogP contribution in [-0.4, -0.2) is 29.5 Å². The first-order chi connectivity index (χ1) is 15.6. The summed E-state index contributed by atoms with van der Waals surface area (Å²) in [5.41, 5.74) is 1.08. The number of Topliss-reactive ketones (excluding diaryl/α,β-unsaturated/α-hetero) is 1. The van der Waals surface area contributed by atoms with Crippen molar-refractivity contribution in [3.8, 4) is 5.75 Å². The van der Waals surface area contributed by atoms with Crippen LogP contribution in [0.1, 0.15) is 23.7 Å². The van der Waals surface area contributed by atoms with Gasteiger partial charge in [-0.25, -0.2) is 4.79 Å². The number of fused-ring (bicyclic) bond motifs is 3. The average molecular weight is 429 g/mol. The second kappa shape index (κ2) is 9.47. The third kappa shape index (κ3) is 4.25. The molecule has 0 saturated heterocycles. The first-order valence-corrected chi connectivity index (χ1v) is 10.5. The second-order valence-electron chi connectivity index (χ2n) is 7.30. The first kappa shape index (κ1) is 21.3. The van der Waals surface area contributed by atoms with E-state index in [1.165, 1.54) is 6.07 Å². The number of para-hydroxylation sites is 1. The minimum absolute atomic E-state index is 0.0265. The Morgan fingerprint density at radius 3 is 2.38 bits per heavy atom. The van der Waals surface area contributed by atoms with E-state index in [0.29, 0.717) is 30.7 Å². The van der Waals surface area contributed by atoms with Gasteiger partial charge in [0.1, 0.15) is 5.75 Å². The molecule has 0 bridgehead atoms. The fraction of sp³-hybridized carbons (Fsp3) is 0.192. The molecule has 3 aromatic carbocycles. The van der Waals surface area contributed by atoms with Gasteiger partial charge < -0.3 is 14.0 Å². The Hall–Kier alpha value is -3.93. The van der Waals surface area contributed by atoms with Crippen LogP contribution in [0.2, 0.25) is 0 Å². The molecule has 0 saturated carbocycles. The van der Waals surface area contributed by atoms with E-state index in [1.807, 2.05) is 48.5 Å². The van der Waals surface area contributed by atoms with Crippen molar-refractivity contribution in [3.05, 3.63) is 88.7 Å². The number of hydrogen-bond donors (Lipinski definition) is 0. The third-order valence-corrected chi connectivity index (χ3v) is 5.24. The Bertz CT molecular complexity index is 1360. The molecule has 6 heteroatoms. The summed E-state index contributed by atoms with van der Waals surface area (Å²) in [5.74, 6) is -1.10. The number of pyridine rings is 1. The van der Waals surface area contributed by atoms with E-state index in [1.54, 1.807) is 29.7 Å². The molecule has 4 rings (SSSR count). The standard InChI is InChI=1S/C26H23NO5/c1-2-31-26(30)24(28)18-9-7-10-19(17-18)32-16-8-15-27-23-14-6-5-12-21(23)20-11-3-4-13-22(20)25(27)29/h3-7,9-14,17H,2,8,15-16H2,1H3. The van der Waals surface area contributed by atoms with Gasteiger partial charge in [-0.05, 0) is 43.0 Å². The lowest BCUT2D eigenvalue weighted by Gasteiger charge is -2.13. The highest BCUT2D eigenvalue weighted by Crippen LogP contribution is 2.22. The molecule has 1 aromatic heterocycles. The zero-order valence-corrected chi connectivity index (χ0v) is 17.7. The average Bonchev–Trinajstić information content (AvgIpc) is 2.83. The smallest absolute Gasteiger partial charge is 0.379 e. The Labute approximate surface area is 185 Å². The molecule has 0 fully saturated rings. The number of nitrogens with zero attached hydrogens (tertiary/aromatic N) is 1. The van der Waals surface area contributed by atoms with E-state index in [4.69, 9.17) is 9.47 Å². The summed E-state index contributed by atoms with van der Waals surface area (Å²) in [6.07, 6.45) is 0.596. The van der Waals surface area contributed by atoms with Crippen molar-refractivity contribution in [2.75, 3.05) is 13.2 Å². The summed E-state index contributed by atoms with van der Waals surface area (Å²) >= 11 is 0. The van der Waals surface area contributed by atoms with E-state index in [2.05, 4.69) is 0 Å². The molecule has 6 nitrogen and oxygen atoms in total. The van der Waals surface area contributed by atoms with Gasteiger partial charge in [-0.1, -0.05) is 48.5 Å². The number of esters is 1. The molecule has 0 spiro atoms. The molecule has 0 aliphatic heterocycles. The zero-order valence-electron chi connectivity index (χ0n) is 17.7. The molecule has 0 aliphatic rings. The van der Waals surface area contributed by atoms with E-state index in [-0.39, 0.29) is 17.7 Å². The van der Waals surface area contributed by atoms with Gasteiger partial charge in [0.25, 0.3) is 11.3 Å². The second-order valence-corrected chi connectivity index (χ2v) is 7.30. The maximum Gasteiger partial charge on any atom is 0.379 e. The predicted octanol–water partition coefficient (Wildman–Crippen LogP) is 4.37. The zero-order chi connectivity index (χ0) is 22.5. The lowest BCUT2D eigenvalue weighted by atomic mass is 10.1. The molecule has 0 aliphatic carbocycles. The van der Waals surface area contributed by atoms with Crippen LogP contribution >= 0.6 is 0 Å². The Kier molecular flexibility index (Phi) is 6.31. The van der Waals surface area contributed by atoms with Crippen LogP contribution in [0.15, 0.2) is 77.6 Å². The van der Waals surface area contributed by atoms with Crippen molar-refractivity contribution in [2.24, 2.45) is 0 Å². The lowest BCUT2D eigenvalue weighted by molar-refractivity contribution is -0.137. The highest BCUT2D eigenvalue weighted by molar-refractivity contribution is 6.40. The van der Waals surface area contributed by atoms with Crippen LogP contribution in [0.4, 0.5) is 0 Å². The molecule has 0 amide bonds. The number of ether oxygens (including phenoxy) is 2. The van der Waals surface area contributed by atoms with E-state index in [9.17, 15) is 14.4 Å². The minimum Gasteiger partial charge on any atom is -0.494 e. The summed E-state index contributed by atoms with van der Waals surface area (Å²) < 4.78 is 12.3. The molecule has 0 unspecified atom stereocenters. The van der Waals surface area contributed by atoms with Gasteiger partial charge >= 0.3 is 5.97 Å². The summed E-state index contributed by atoms with van der Waals surface area (Å²) in [7, 11) is 0. The number of carbonyl (C=O) groups excluding carboxylic acids is 2. The first-order valence-electron chi connectivity index (χ1n) is 10.5. The van der Waals surface area contributed by atoms with Gasteiger partial charge in [-0.15, -0.1) is 0 Å². The summed E-state index contributed by atoms with van der Waals surface area (Å²) in [4.78, 5) is 36.8. The van der Waals surface area contributed by atoms with Crippen LogP contribution < -0.4 is 10.3 Å². The van der Waals surface area contributed by atoms with Crippen LogP contribution in [0.25, 0.3) is 21.7 Å². The monoisotopic (exact) mass is 429 g/mol. The van der Waals surface area contributed by atoms with Gasteiger partial charge in [0.2, 0.25) is 0 Å². The van der Waals surface area contributed by atoms with Crippen molar-refractivity contribution in [3.63, 3.8) is 0 Å². The van der Waals surface area contributed by atoms with Crippen molar-refractivity contribution in [1.82, 2.24) is 4.57 Å². The molecular weight excluding hydrogens is 406 g/mol. The number of rotatable bonds is 8. The molecule has 32 heavy (non-hydrogen) atoms. The number of carbonyl (C=O) groups is 2. The topological polar surface area (TPSA) is 74.6 Å². The van der Waals surface area contributed by atoms with Gasteiger partial charge in [-0.2, -0.15) is 0 Å². The molecular formula is C26H23NO5. The molecule has 0 N–H and O–H groups in total. The highest BCUT2D eigenvalue weighted by atomic mass is 16.5. The van der Waals surface area contributed by atoms with Crippen LogP contribution in [0, 0.1) is 0 Å². The number of benzene rings is 3. The number of aryl methyl sites for hydroxylation is 1. The van der Waals surface area contributed by atoms with E-state index >= 15 is 0 Å². The lowest BCUT2D eigenvalue weighted by Crippen LogP contribution is -2.22. The van der Waals surface area contributed by atoms with E-state index in [0.717, 1.165) is 16.3 Å². The fourth-order valence-corrected chi connectivity index (χ4v) is 3.77. The maximum absolute atomic E-state index is 13.1. The van der Waals surface area contributed by atoms with E-state index < -0.39 is 11.8 Å². The number of ketones is 1.